The van der Waals surface area contributed by atoms with E-state index in [0.29, 0.717) is 0 Å². The summed E-state index contributed by atoms with van der Waals surface area (Å²) in [6.45, 7) is 3.97. The summed E-state index contributed by atoms with van der Waals surface area (Å²) in [5.41, 5.74) is 0. The van der Waals surface area contributed by atoms with E-state index in [9.17, 15) is 0 Å². The molecule has 1 heterocycles. The molecule has 0 aliphatic carbocycles. The number of aryl methyl sites for hydroxylation is 1. The van der Waals surface area contributed by atoms with Crippen molar-refractivity contribution < 1.29 is 4.74 Å². The van der Waals surface area contributed by atoms with Gasteiger partial charge < -0.3 is 9.30 Å². The zero-order chi connectivity index (χ0) is 8.81. The van der Waals surface area contributed by atoms with E-state index >= 15 is 0 Å². The smallest absolute Gasteiger partial charge is 0.110 e. The summed E-state index contributed by atoms with van der Waals surface area (Å²) in [6.07, 6.45) is 5.93. The molecule has 0 atom stereocenters. The molecule has 0 radical (unpaired) electrons. The average molecular weight is 168 g/mol. The van der Waals surface area contributed by atoms with Crippen LogP contribution in [0.2, 0.25) is 0 Å². The third kappa shape index (κ3) is 2.34. The zero-order valence-electron chi connectivity index (χ0n) is 7.79. The molecule has 0 fully saturated rings. The normalized spacial score (nSPS) is 10.5. The van der Waals surface area contributed by atoms with E-state index in [1.54, 1.807) is 7.11 Å². The number of hydrogen-bond donors (Lipinski definition) is 0. The quantitative estimate of drug-likeness (QED) is 0.666. The van der Waals surface area contributed by atoms with Gasteiger partial charge in [-0.1, -0.05) is 6.92 Å². The molecule has 0 aromatic carbocycles. The minimum absolute atomic E-state index is 0.751. The summed E-state index contributed by atoms with van der Waals surface area (Å²) in [7, 11) is 1.72. The lowest BCUT2D eigenvalue weighted by Gasteiger charge is -2.04. The second-order valence-corrected chi connectivity index (χ2v) is 2.78. The van der Waals surface area contributed by atoms with Crippen molar-refractivity contribution in [2.45, 2.75) is 26.3 Å². The fourth-order valence-corrected chi connectivity index (χ4v) is 1.21. The number of imidazole rings is 1. The van der Waals surface area contributed by atoms with E-state index in [-0.39, 0.29) is 0 Å². The van der Waals surface area contributed by atoms with Crippen molar-refractivity contribution in [1.82, 2.24) is 9.55 Å². The first-order valence-electron chi connectivity index (χ1n) is 4.37. The highest BCUT2D eigenvalue weighted by molar-refractivity contribution is 4.92. The SMILES string of the molecule is CCCn1ccnc1CCOC. The second-order valence-electron chi connectivity index (χ2n) is 2.78. The summed E-state index contributed by atoms with van der Waals surface area (Å²) in [5.74, 6) is 1.12. The molecule has 3 nitrogen and oxygen atoms in total. The number of nitrogens with zero attached hydrogens (tertiary/aromatic N) is 2. The Bertz CT molecular complexity index is 220. The Balaban J connectivity index is 2.51. The molecule has 68 valence electrons. The molecule has 0 N–H and O–H groups in total. The van der Waals surface area contributed by atoms with Crippen LogP contribution in [-0.4, -0.2) is 23.3 Å². The van der Waals surface area contributed by atoms with Gasteiger partial charge in [-0.25, -0.2) is 4.98 Å². The first kappa shape index (κ1) is 9.26. The third-order valence-electron chi connectivity index (χ3n) is 1.80. The van der Waals surface area contributed by atoms with Gasteiger partial charge in [-0.15, -0.1) is 0 Å². The van der Waals surface area contributed by atoms with Crippen molar-refractivity contribution in [2.75, 3.05) is 13.7 Å². The van der Waals surface area contributed by atoms with Crippen molar-refractivity contribution in [2.24, 2.45) is 0 Å². The topological polar surface area (TPSA) is 27.1 Å². The van der Waals surface area contributed by atoms with Crippen LogP contribution in [0.4, 0.5) is 0 Å². The molecule has 0 spiro atoms. The first-order chi connectivity index (χ1) is 5.88. The Morgan fingerprint density at radius 3 is 3.08 bits per heavy atom. The van der Waals surface area contributed by atoms with Gasteiger partial charge in [0.1, 0.15) is 5.82 Å². The fourth-order valence-electron chi connectivity index (χ4n) is 1.21. The first-order valence-corrected chi connectivity index (χ1v) is 4.37. The Kier molecular flexibility index (Phi) is 3.80. The van der Waals surface area contributed by atoms with Crippen molar-refractivity contribution >= 4 is 0 Å². The van der Waals surface area contributed by atoms with Gasteiger partial charge in [-0.3, -0.25) is 0 Å². The number of rotatable bonds is 5. The summed E-state index contributed by atoms with van der Waals surface area (Å²) < 4.78 is 7.17. The molecular weight excluding hydrogens is 152 g/mol. The van der Waals surface area contributed by atoms with Gasteiger partial charge in [0.05, 0.1) is 6.61 Å². The minimum atomic E-state index is 0.751. The zero-order valence-corrected chi connectivity index (χ0v) is 7.79. The van der Waals surface area contributed by atoms with Crippen molar-refractivity contribution in [3.8, 4) is 0 Å². The van der Waals surface area contributed by atoms with E-state index < -0.39 is 0 Å². The highest BCUT2D eigenvalue weighted by atomic mass is 16.5. The number of ether oxygens (including phenoxy) is 1. The standard InChI is InChI=1S/C9H16N2O/c1-3-6-11-7-5-10-9(11)4-8-12-2/h5,7H,3-4,6,8H2,1-2H3. The van der Waals surface area contributed by atoms with Crippen LogP contribution in [0.3, 0.4) is 0 Å². The molecule has 12 heavy (non-hydrogen) atoms. The van der Waals surface area contributed by atoms with Crippen LogP contribution >= 0.6 is 0 Å². The molecule has 0 amide bonds. The summed E-state index contributed by atoms with van der Waals surface area (Å²) in [4.78, 5) is 4.26. The maximum Gasteiger partial charge on any atom is 0.110 e. The van der Waals surface area contributed by atoms with E-state index in [1.165, 1.54) is 0 Å². The van der Waals surface area contributed by atoms with Gasteiger partial charge in [0.25, 0.3) is 0 Å². The van der Waals surface area contributed by atoms with Crippen molar-refractivity contribution in [1.29, 1.82) is 0 Å². The van der Waals surface area contributed by atoms with Crippen LogP contribution in [0.15, 0.2) is 12.4 Å². The summed E-state index contributed by atoms with van der Waals surface area (Å²) >= 11 is 0. The number of hydrogen-bond acceptors (Lipinski definition) is 2. The van der Waals surface area contributed by atoms with E-state index in [4.69, 9.17) is 4.74 Å². The van der Waals surface area contributed by atoms with Gasteiger partial charge in [0.15, 0.2) is 0 Å². The lowest BCUT2D eigenvalue weighted by Crippen LogP contribution is -2.05. The van der Waals surface area contributed by atoms with Crippen LogP contribution in [-0.2, 0) is 17.7 Å². The average Bonchev–Trinajstić information content (AvgIpc) is 2.50. The third-order valence-corrected chi connectivity index (χ3v) is 1.80. The molecular formula is C9H16N2O. The van der Waals surface area contributed by atoms with Gasteiger partial charge in [-0.2, -0.15) is 0 Å². The van der Waals surface area contributed by atoms with Crippen molar-refractivity contribution in [3.05, 3.63) is 18.2 Å². The van der Waals surface area contributed by atoms with E-state index in [1.807, 2.05) is 12.4 Å². The molecule has 1 aromatic rings. The minimum Gasteiger partial charge on any atom is -0.384 e. The highest BCUT2D eigenvalue weighted by Crippen LogP contribution is 2.00. The van der Waals surface area contributed by atoms with Crippen LogP contribution in [0.1, 0.15) is 19.2 Å². The molecule has 0 saturated heterocycles. The Labute approximate surface area is 73.4 Å². The number of methoxy groups -OCH3 is 1. The molecule has 1 rings (SSSR count). The maximum atomic E-state index is 4.99. The molecule has 0 unspecified atom stereocenters. The molecule has 3 heteroatoms. The Hall–Kier alpha value is -0.830. The Morgan fingerprint density at radius 2 is 2.42 bits per heavy atom. The largest absolute Gasteiger partial charge is 0.384 e. The summed E-state index contributed by atoms with van der Waals surface area (Å²) in [6, 6.07) is 0. The van der Waals surface area contributed by atoms with E-state index in [2.05, 4.69) is 16.5 Å². The lowest BCUT2D eigenvalue weighted by atomic mass is 10.4. The fraction of sp³-hybridized carbons (Fsp3) is 0.667. The predicted molar refractivity (Wildman–Crippen MR) is 48.1 cm³/mol. The van der Waals surface area contributed by atoms with Crippen LogP contribution in [0, 0.1) is 0 Å². The van der Waals surface area contributed by atoms with Gasteiger partial charge in [0.2, 0.25) is 0 Å². The monoisotopic (exact) mass is 168 g/mol. The highest BCUT2D eigenvalue weighted by Gasteiger charge is 1.99. The molecule has 0 saturated carbocycles. The second kappa shape index (κ2) is 4.93. The molecule has 0 aliphatic heterocycles. The lowest BCUT2D eigenvalue weighted by molar-refractivity contribution is 0.199. The van der Waals surface area contributed by atoms with Gasteiger partial charge in [0, 0.05) is 32.5 Å². The summed E-state index contributed by atoms with van der Waals surface area (Å²) in [5, 5.41) is 0. The van der Waals surface area contributed by atoms with Crippen LogP contribution in [0.25, 0.3) is 0 Å². The van der Waals surface area contributed by atoms with Gasteiger partial charge in [-0.05, 0) is 6.42 Å². The van der Waals surface area contributed by atoms with Crippen molar-refractivity contribution in [3.63, 3.8) is 0 Å². The van der Waals surface area contributed by atoms with Crippen LogP contribution in [0.5, 0.6) is 0 Å². The van der Waals surface area contributed by atoms with Gasteiger partial charge >= 0.3 is 0 Å². The molecule has 0 aliphatic rings. The number of aromatic nitrogens is 2. The van der Waals surface area contributed by atoms with Crippen LogP contribution < -0.4 is 0 Å². The molecule has 0 bridgehead atoms. The molecule has 1 aromatic heterocycles. The van der Waals surface area contributed by atoms with E-state index in [0.717, 1.165) is 31.8 Å². The maximum absolute atomic E-state index is 4.99. The predicted octanol–water partition coefficient (Wildman–Crippen LogP) is 1.48. The Morgan fingerprint density at radius 1 is 1.58 bits per heavy atom.